The van der Waals surface area contributed by atoms with E-state index in [2.05, 4.69) is 4.72 Å². The summed E-state index contributed by atoms with van der Waals surface area (Å²) in [7, 11) is -1.12. The van der Waals surface area contributed by atoms with Crippen LogP contribution in [0.5, 0.6) is 0 Å². The average Bonchev–Trinajstić information content (AvgIpc) is 3.07. The van der Waals surface area contributed by atoms with Crippen molar-refractivity contribution in [3.63, 3.8) is 0 Å². The van der Waals surface area contributed by atoms with Crippen molar-refractivity contribution in [3.8, 4) is 0 Å². The van der Waals surface area contributed by atoms with Gasteiger partial charge in [0, 0.05) is 20.6 Å². The molecule has 3 rings (SSSR count). The summed E-state index contributed by atoms with van der Waals surface area (Å²) in [5.41, 5.74) is -0.127. The molecule has 3 atom stereocenters. The predicted molar refractivity (Wildman–Crippen MR) is 118 cm³/mol. The van der Waals surface area contributed by atoms with E-state index in [9.17, 15) is 17.6 Å². The van der Waals surface area contributed by atoms with Crippen LogP contribution in [0.25, 0.3) is 0 Å². The second kappa shape index (κ2) is 10.7. The van der Waals surface area contributed by atoms with Crippen LogP contribution in [0.4, 0.5) is 10.1 Å². The minimum Gasteiger partial charge on any atom is -0.463 e. The monoisotopic (exact) mass is 507 g/mol. The lowest BCUT2D eigenvalue weighted by atomic mass is 9.94. The maximum absolute atomic E-state index is 13.4. The molecule has 0 aromatic heterocycles. The van der Waals surface area contributed by atoms with Crippen LogP contribution in [0.15, 0.2) is 29.8 Å². The number of nitrogens with one attached hydrogen (secondary N) is 1. The first-order chi connectivity index (χ1) is 15.6. The van der Waals surface area contributed by atoms with Crippen molar-refractivity contribution in [1.29, 1.82) is 0 Å². The Hall–Kier alpha value is -1.76. The van der Waals surface area contributed by atoms with Crippen LogP contribution in [0, 0.1) is 5.82 Å². The SMILES string of the molecule is CCOC(=O)C1=CC2(CCC1S(=O)(=O)Nc1ccc(F)cc1Cl)O[C@H](COC)[C@@H](COC)O2. The Morgan fingerprint density at radius 1 is 1.24 bits per heavy atom. The number of carbonyl (C=O) groups excluding carboxylic acids is 1. The number of sulfonamides is 1. The molecule has 12 heteroatoms. The average molecular weight is 508 g/mol. The molecule has 1 saturated heterocycles. The van der Waals surface area contributed by atoms with Crippen molar-refractivity contribution in [2.75, 3.05) is 38.8 Å². The maximum Gasteiger partial charge on any atom is 0.335 e. The van der Waals surface area contributed by atoms with E-state index in [1.165, 1.54) is 26.4 Å². The fourth-order valence-electron chi connectivity index (χ4n) is 3.90. The van der Waals surface area contributed by atoms with Crippen LogP contribution in [0.3, 0.4) is 0 Å². The number of halogens is 2. The van der Waals surface area contributed by atoms with Crippen molar-refractivity contribution in [2.24, 2.45) is 0 Å². The van der Waals surface area contributed by atoms with Crippen molar-refractivity contribution in [1.82, 2.24) is 0 Å². The Kier molecular flexibility index (Phi) is 8.35. The number of rotatable bonds is 9. The third kappa shape index (κ3) is 5.84. The summed E-state index contributed by atoms with van der Waals surface area (Å²) in [4.78, 5) is 12.8. The Bertz CT molecular complexity index is 988. The Morgan fingerprint density at radius 2 is 1.88 bits per heavy atom. The molecule has 9 nitrogen and oxygen atoms in total. The van der Waals surface area contributed by atoms with Gasteiger partial charge in [-0.15, -0.1) is 0 Å². The van der Waals surface area contributed by atoms with E-state index in [1.807, 2.05) is 0 Å². The van der Waals surface area contributed by atoms with E-state index in [0.29, 0.717) is 0 Å². The number of methoxy groups -OCH3 is 2. The van der Waals surface area contributed by atoms with E-state index in [4.69, 9.17) is 35.3 Å². The minimum atomic E-state index is -4.16. The summed E-state index contributed by atoms with van der Waals surface area (Å²) in [6.45, 7) is 2.12. The van der Waals surface area contributed by atoms with E-state index in [1.54, 1.807) is 6.92 Å². The molecule has 2 aliphatic rings. The largest absolute Gasteiger partial charge is 0.463 e. The topological polar surface area (TPSA) is 109 Å². The summed E-state index contributed by atoms with van der Waals surface area (Å²) in [6, 6.07) is 3.28. The van der Waals surface area contributed by atoms with Crippen LogP contribution >= 0.6 is 11.6 Å². The van der Waals surface area contributed by atoms with Crippen molar-refractivity contribution in [2.45, 2.75) is 43.0 Å². The van der Waals surface area contributed by atoms with Gasteiger partial charge in [-0.05, 0) is 37.6 Å². The second-order valence-electron chi connectivity index (χ2n) is 7.65. The summed E-state index contributed by atoms with van der Waals surface area (Å²) < 4.78 is 69.8. The number of esters is 1. The van der Waals surface area contributed by atoms with Crippen molar-refractivity contribution >= 4 is 33.3 Å². The second-order valence-corrected chi connectivity index (χ2v) is 9.92. The fourth-order valence-corrected chi connectivity index (χ4v) is 5.73. The van der Waals surface area contributed by atoms with Crippen LogP contribution in [-0.2, 0) is 38.5 Å². The molecular formula is C21H27ClFNO8S. The Morgan fingerprint density at radius 3 is 2.42 bits per heavy atom. The molecule has 184 valence electrons. The molecule has 1 aliphatic heterocycles. The molecule has 0 saturated carbocycles. The number of benzene rings is 1. The number of anilines is 1. The lowest BCUT2D eigenvalue weighted by molar-refractivity contribution is -0.155. The summed E-state index contributed by atoms with van der Waals surface area (Å²) in [6.07, 6.45) is 0.568. The van der Waals surface area contributed by atoms with Gasteiger partial charge in [0.2, 0.25) is 10.0 Å². The number of carbonyl (C=O) groups is 1. The zero-order chi connectivity index (χ0) is 24.2. The van der Waals surface area contributed by atoms with E-state index in [0.717, 1.165) is 12.1 Å². The highest BCUT2D eigenvalue weighted by molar-refractivity contribution is 7.93. The highest BCUT2D eigenvalue weighted by Gasteiger charge is 2.51. The molecule has 1 N–H and O–H groups in total. The number of ether oxygens (including phenoxy) is 5. The minimum absolute atomic E-state index is 0.00179. The molecule has 0 bridgehead atoms. The quantitative estimate of drug-likeness (QED) is 0.508. The van der Waals surface area contributed by atoms with Gasteiger partial charge in [-0.25, -0.2) is 17.6 Å². The van der Waals surface area contributed by atoms with E-state index < -0.39 is 45.1 Å². The van der Waals surface area contributed by atoms with Gasteiger partial charge in [0.1, 0.15) is 23.3 Å². The van der Waals surface area contributed by atoms with Gasteiger partial charge < -0.3 is 23.7 Å². The van der Waals surface area contributed by atoms with Gasteiger partial charge >= 0.3 is 5.97 Å². The first-order valence-corrected chi connectivity index (χ1v) is 12.3. The van der Waals surface area contributed by atoms with Gasteiger partial charge in [-0.3, -0.25) is 4.72 Å². The van der Waals surface area contributed by atoms with Gasteiger partial charge in [-0.2, -0.15) is 0 Å². The van der Waals surface area contributed by atoms with Crippen LogP contribution in [0.2, 0.25) is 5.02 Å². The fraction of sp³-hybridized carbons (Fsp3) is 0.571. The maximum atomic E-state index is 13.4. The molecule has 1 fully saturated rings. The standard InChI is InChI=1S/C21H27ClFNO8S/c1-4-30-20(25)14-10-21(31-17(11-28-2)18(32-21)12-29-3)8-7-19(14)33(26,27)24-16-6-5-13(23)9-15(16)22/h5-6,9-10,17-19,24H,4,7-8,11-12H2,1-3H3/t17-,18-,19?/m1/s1. The third-order valence-corrected chi connectivity index (χ3v) is 7.38. The summed E-state index contributed by atoms with van der Waals surface area (Å²) >= 11 is 5.98. The van der Waals surface area contributed by atoms with Gasteiger partial charge in [0.05, 0.1) is 36.1 Å². The molecule has 1 heterocycles. The van der Waals surface area contributed by atoms with Crippen LogP contribution in [0.1, 0.15) is 19.8 Å². The van der Waals surface area contributed by atoms with E-state index >= 15 is 0 Å². The third-order valence-electron chi connectivity index (χ3n) is 5.32. The molecule has 33 heavy (non-hydrogen) atoms. The predicted octanol–water partition coefficient (Wildman–Crippen LogP) is 2.65. The molecule has 1 unspecified atom stereocenters. The summed E-state index contributed by atoms with van der Waals surface area (Å²) in [5.74, 6) is -2.74. The smallest absolute Gasteiger partial charge is 0.335 e. The highest BCUT2D eigenvalue weighted by atomic mass is 35.5. The lowest BCUT2D eigenvalue weighted by Crippen LogP contribution is -2.42. The molecular weight excluding hydrogens is 481 g/mol. The zero-order valence-corrected chi connectivity index (χ0v) is 20.1. The highest BCUT2D eigenvalue weighted by Crippen LogP contribution is 2.41. The van der Waals surface area contributed by atoms with Crippen LogP contribution < -0.4 is 4.72 Å². The first kappa shape index (κ1) is 25.9. The van der Waals surface area contributed by atoms with Crippen molar-refractivity contribution in [3.05, 3.63) is 40.7 Å². The molecule has 1 aromatic rings. The molecule has 0 amide bonds. The molecule has 1 spiro atoms. The molecule has 0 radical (unpaired) electrons. The Balaban J connectivity index is 1.94. The number of hydrogen-bond acceptors (Lipinski definition) is 8. The first-order valence-electron chi connectivity index (χ1n) is 10.3. The van der Waals surface area contributed by atoms with Gasteiger partial charge in [0.25, 0.3) is 0 Å². The Labute approximate surface area is 197 Å². The van der Waals surface area contributed by atoms with E-state index in [-0.39, 0.29) is 48.9 Å². The lowest BCUT2D eigenvalue weighted by Gasteiger charge is -2.33. The zero-order valence-electron chi connectivity index (χ0n) is 18.5. The number of hydrogen-bond donors (Lipinski definition) is 1. The van der Waals surface area contributed by atoms with Crippen molar-refractivity contribution < 1.29 is 41.3 Å². The summed E-state index contributed by atoms with van der Waals surface area (Å²) in [5, 5.41) is -1.38. The van der Waals surface area contributed by atoms with Crippen LogP contribution in [-0.4, -0.2) is 71.7 Å². The molecule has 1 aromatic carbocycles. The molecule has 1 aliphatic carbocycles. The normalized spacial score (nSPS) is 24.5. The van der Waals surface area contributed by atoms with Gasteiger partial charge in [0.15, 0.2) is 5.79 Å². The van der Waals surface area contributed by atoms with Gasteiger partial charge in [-0.1, -0.05) is 11.6 Å².